The molecule has 3 N–H and O–H groups in total. The Morgan fingerprint density at radius 2 is 2.25 bits per heavy atom. The van der Waals surface area contributed by atoms with Gasteiger partial charge in [0.1, 0.15) is 5.01 Å². The topological polar surface area (TPSA) is 63.8 Å². The van der Waals surface area contributed by atoms with Gasteiger partial charge in [-0.25, -0.2) is 4.98 Å². The normalized spacial score (nSPS) is 10.3. The van der Waals surface area contributed by atoms with Crippen LogP contribution in [0.15, 0.2) is 24.7 Å². The van der Waals surface area contributed by atoms with Gasteiger partial charge in [0.05, 0.1) is 24.1 Å². The van der Waals surface area contributed by atoms with Crippen LogP contribution in [-0.2, 0) is 13.0 Å². The Morgan fingerprint density at radius 3 is 2.94 bits per heavy atom. The number of hydrogen-bond acceptors (Lipinski definition) is 5. The second-order valence-corrected chi connectivity index (χ2v) is 4.63. The summed E-state index contributed by atoms with van der Waals surface area (Å²) in [5, 5.41) is 4.33. The number of aryl methyl sites for hydroxylation is 1. The fourth-order valence-corrected chi connectivity index (χ4v) is 2.13. The van der Waals surface area contributed by atoms with E-state index in [9.17, 15) is 0 Å². The SMILES string of the molecule is CCc1cnc(CNc2cncc(N)c2)s1. The van der Waals surface area contributed by atoms with Gasteiger partial charge in [0.2, 0.25) is 0 Å². The first-order chi connectivity index (χ1) is 7.78. The Balaban J connectivity index is 1.96. The minimum absolute atomic E-state index is 0.665. The van der Waals surface area contributed by atoms with Crippen molar-refractivity contribution in [2.75, 3.05) is 11.1 Å². The lowest BCUT2D eigenvalue weighted by Gasteiger charge is -2.03. The van der Waals surface area contributed by atoms with Gasteiger partial charge in [-0.15, -0.1) is 11.3 Å². The van der Waals surface area contributed by atoms with Crippen LogP contribution in [0.1, 0.15) is 16.8 Å². The lowest BCUT2D eigenvalue weighted by Crippen LogP contribution is -1.99. The highest BCUT2D eigenvalue weighted by Gasteiger charge is 2.00. The summed E-state index contributed by atoms with van der Waals surface area (Å²) < 4.78 is 0. The molecule has 0 aliphatic rings. The van der Waals surface area contributed by atoms with Crippen molar-refractivity contribution in [3.05, 3.63) is 34.5 Å². The number of nitrogens with zero attached hydrogens (tertiary/aromatic N) is 2. The maximum atomic E-state index is 5.64. The largest absolute Gasteiger partial charge is 0.397 e. The summed E-state index contributed by atoms with van der Waals surface area (Å²) in [6.07, 6.45) is 6.35. The van der Waals surface area contributed by atoms with Gasteiger partial charge in [-0.3, -0.25) is 4.98 Å². The molecular formula is C11H14N4S. The highest BCUT2D eigenvalue weighted by Crippen LogP contribution is 2.16. The summed E-state index contributed by atoms with van der Waals surface area (Å²) in [6.45, 7) is 2.85. The average Bonchev–Trinajstić information content (AvgIpc) is 2.74. The third kappa shape index (κ3) is 2.70. The van der Waals surface area contributed by atoms with Gasteiger partial charge in [-0.2, -0.15) is 0 Å². The van der Waals surface area contributed by atoms with E-state index in [1.807, 2.05) is 12.3 Å². The first kappa shape index (κ1) is 10.9. The van der Waals surface area contributed by atoms with Crippen LogP contribution >= 0.6 is 11.3 Å². The monoisotopic (exact) mass is 234 g/mol. The van der Waals surface area contributed by atoms with E-state index in [0.29, 0.717) is 5.69 Å². The molecule has 2 aromatic rings. The number of nitrogen functional groups attached to an aromatic ring is 1. The maximum absolute atomic E-state index is 5.64. The molecule has 0 bridgehead atoms. The quantitative estimate of drug-likeness (QED) is 0.852. The third-order valence-electron chi connectivity index (χ3n) is 2.15. The van der Waals surface area contributed by atoms with Crippen LogP contribution in [-0.4, -0.2) is 9.97 Å². The number of thiazole rings is 1. The first-order valence-corrected chi connectivity index (χ1v) is 5.97. The molecule has 16 heavy (non-hydrogen) atoms. The molecule has 0 spiro atoms. The van der Waals surface area contributed by atoms with E-state index in [-0.39, 0.29) is 0 Å². The molecule has 5 heteroatoms. The highest BCUT2D eigenvalue weighted by atomic mass is 32.1. The number of hydrogen-bond donors (Lipinski definition) is 2. The molecule has 0 amide bonds. The molecule has 0 atom stereocenters. The van der Waals surface area contributed by atoms with Crippen LogP contribution in [0.4, 0.5) is 11.4 Å². The summed E-state index contributed by atoms with van der Waals surface area (Å²) in [4.78, 5) is 9.65. The zero-order valence-electron chi connectivity index (χ0n) is 9.10. The van der Waals surface area contributed by atoms with Crippen LogP contribution in [0.2, 0.25) is 0 Å². The van der Waals surface area contributed by atoms with Crippen molar-refractivity contribution in [3.8, 4) is 0 Å². The molecule has 4 nitrogen and oxygen atoms in total. The van der Waals surface area contributed by atoms with Crippen molar-refractivity contribution >= 4 is 22.7 Å². The Morgan fingerprint density at radius 1 is 1.38 bits per heavy atom. The first-order valence-electron chi connectivity index (χ1n) is 5.16. The van der Waals surface area contributed by atoms with Gasteiger partial charge in [0, 0.05) is 17.3 Å². The van der Waals surface area contributed by atoms with E-state index in [0.717, 1.165) is 23.7 Å². The van der Waals surface area contributed by atoms with E-state index in [4.69, 9.17) is 5.73 Å². The Bertz CT molecular complexity index is 467. The number of anilines is 2. The summed E-state index contributed by atoms with van der Waals surface area (Å²) in [5.41, 5.74) is 7.23. The number of nitrogens with two attached hydrogens (primary N) is 1. The summed E-state index contributed by atoms with van der Waals surface area (Å²) in [7, 11) is 0. The second kappa shape index (κ2) is 4.94. The molecule has 2 aromatic heterocycles. The van der Waals surface area contributed by atoms with E-state index >= 15 is 0 Å². The molecule has 0 aliphatic carbocycles. The molecule has 0 fully saturated rings. The molecule has 0 unspecified atom stereocenters. The Labute approximate surface area is 98.6 Å². The van der Waals surface area contributed by atoms with Gasteiger partial charge in [-0.1, -0.05) is 6.92 Å². The lowest BCUT2D eigenvalue weighted by molar-refractivity contribution is 1.09. The van der Waals surface area contributed by atoms with E-state index < -0.39 is 0 Å². The zero-order valence-corrected chi connectivity index (χ0v) is 9.92. The van der Waals surface area contributed by atoms with Crippen molar-refractivity contribution in [2.24, 2.45) is 0 Å². The molecule has 0 saturated carbocycles. The molecule has 0 aromatic carbocycles. The highest BCUT2D eigenvalue weighted by molar-refractivity contribution is 7.11. The molecule has 2 rings (SSSR count). The molecule has 0 radical (unpaired) electrons. The molecule has 84 valence electrons. The van der Waals surface area contributed by atoms with E-state index in [2.05, 4.69) is 22.2 Å². The predicted molar refractivity (Wildman–Crippen MR) is 67.5 cm³/mol. The van der Waals surface area contributed by atoms with Crippen LogP contribution in [0, 0.1) is 0 Å². The van der Waals surface area contributed by atoms with Crippen molar-refractivity contribution in [1.29, 1.82) is 0 Å². The average molecular weight is 234 g/mol. The predicted octanol–water partition coefficient (Wildman–Crippen LogP) is 2.29. The lowest BCUT2D eigenvalue weighted by atomic mass is 10.4. The Hall–Kier alpha value is -1.62. The Kier molecular flexibility index (Phi) is 3.36. The number of pyridine rings is 1. The van der Waals surface area contributed by atoms with Crippen LogP contribution in [0.25, 0.3) is 0 Å². The zero-order chi connectivity index (χ0) is 11.4. The third-order valence-corrected chi connectivity index (χ3v) is 3.29. The van der Waals surface area contributed by atoms with Gasteiger partial charge < -0.3 is 11.1 Å². The van der Waals surface area contributed by atoms with E-state index in [1.165, 1.54) is 4.88 Å². The van der Waals surface area contributed by atoms with Crippen molar-refractivity contribution in [2.45, 2.75) is 19.9 Å². The van der Waals surface area contributed by atoms with Crippen molar-refractivity contribution < 1.29 is 0 Å². The number of aromatic nitrogens is 2. The molecule has 0 saturated heterocycles. The minimum Gasteiger partial charge on any atom is -0.397 e. The standard InChI is InChI=1S/C11H14N4S/c1-2-10-6-15-11(16-10)7-14-9-3-8(12)4-13-5-9/h3-6,14H,2,7,12H2,1H3. The number of rotatable bonds is 4. The molecule has 0 aliphatic heterocycles. The minimum atomic E-state index is 0.665. The van der Waals surface area contributed by atoms with Gasteiger partial charge >= 0.3 is 0 Å². The van der Waals surface area contributed by atoms with Gasteiger partial charge in [-0.05, 0) is 12.5 Å². The molecule has 2 heterocycles. The van der Waals surface area contributed by atoms with Crippen LogP contribution < -0.4 is 11.1 Å². The summed E-state index contributed by atoms with van der Waals surface area (Å²) in [5.74, 6) is 0. The van der Waals surface area contributed by atoms with E-state index in [1.54, 1.807) is 23.7 Å². The fourth-order valence-electron chi connectivity index (χ4n) is 1.33. The van der Waals surface area contributed by atoms with Crippen molar-refractivity contribution in [3.63, 3.8) is 0 Å². The van der Waals surface area contributed by atoms with Crippen molar-refractivity contribution in [1.82, 2.24) is 9.97 Å². The maximum Gasteiger partial charge on any atom is 0.112 e. The molecular weight excluding hydrogens is 220 g/mol. The van der Waals surface area contributed by atoms with Crippen LogP contribution in [0.5, 0.6) is 0 Å². The van der Waals surface area contributed by atoms with Crippen LogP contribution in [0.3, 0.4) is 0 Å². The number of nitrogens with one attached hydrogen (secondary N) is 1. The smallest absolute Gasteiger partial charge is 0.112 e. The second-order valence-electron chi connectivity index (χ2n) is 3.43. The summed E-state index contributed by atoms with van der Waals surface area (Å²) >= 11 is 1.73. The van der Waals surface area contributed by atoms with Gasteiger partial charge in [0.25, 0.3) is 0 Å². The van der Waals surface area contributed by atoms with Gasteiger partial charge in [0.15, 0.2) is 0 Å². The fraction of sp³-hybridized carbons (Fsp3) is 0.273. The summed E-state index contributed by atoms with van der Waals surface area (Å²) in [6, 6.07) is 1.86.